The van der Waals surface area contributed by atoms with Crippen molar-refractivity contribution in [3.8, 4) is 23.0 Å². The standard InChI is InChI=1S/C24H33BN2O8S/c1-31-18-13-22(33-3)19(23(14-18)34-4)9-11-36(29,30)15-17-7-8-21(32-2)20(12-17)27-24(28)6-5-10-25-35-16-26/h7-9,11-14,25H,5-6,10,15-16,26H2,1-4H3,(H,27,28)/b11-9+. The van der Waals surface area contributed by atoms with E-state index in [2.05, 4.69) is 5.32 Å². The Hall–Kier alpha value is -3.22. The van der Waals surface area contributed by atoms with Gasteiger partial charge in [-0.2, -0.15) is 0 Å². The molecule has 0 spiro atoms. The summed E-state index contributed by atoms with van der Waals surface area (Å²) in [6.07, 6.45) is 3.04. The van der Waals surface area contributed by atoms with E-state index in [-0.39, 0.29) is 24.8 Å². The van der Waals surface area contributed by atoms with E-state index in [0.29, 0.717) is 60.0 Å². The number of amides is 1. The maximum atomic E-state index is 12.9. The van der Waals surface area contributed by atoms with Crippen LogP contribution in [0, 0.1) is 0 Å². The molecule has 10 nitrogen and oxygen atoms in total. The fourth-order valence-electron chi connectivity index (χ4n) is 3.38. The molecule has 0 saturated carbocycles. The van der Waals surface area contributed by atoms with Gasteiger partial charge in [0.1, 0.15) is 23.0 Å². The van der Waals surface area contributed by atoms with Gasteiger partial charge in [0.25, 0.3) is 7.48 Å². The molecule has 3 N–H and O–H groups in total. The van der Waals surface area contributed by atoms with Gasteiger partial charge in [0.15, 0.2) is 9.84 Å². The Bertz CT molecular complexity index is 1130. The fraction of sp³-hybridized carbons (Fsp3) is 0.375. The summed E-state index contributed by atoms with van der Waals surface area (Å²) in [6.45, 7) is 0.148. The van der Waals surface area contributed by atoms with E-state index in [4.69, 9.17) is 29.3 Å². The Morgan fingerprint density at radius 2 is 1.67 bits per heavy atom. The quantitative estimate of drug-likeness (QED) is 0.206. The molecule has 12 heteroatoms. The number of carbonyl (C=O) groups excluding carboxylic acids is 1. The molecule has 2 aromatic carbocycles. The molecule has 2 aromatic rings. The number of nitrogens with one attached hydrogen (secondary N) is 1. The van der Waals surface area contributed by atoms with Crippen molar-refractivity contribution in [3.05, 3.63) is 46.9 Å². The highest BCUT2D eigenvalue weighted by molar-refractivity contribution is 7.93. The van der Waals surface area contributed by atoms with Crippen molar-refractivity contribution in [1.29, 1.82) is 0 Å². The third kappa shape index (κ3) is 8.78. The molecule has 196 valence electrons. The Morgan fingerprint density at radius 3 is 2.25 bits per heavy atom. The van der Waals surface area contributed by atoms with Gasteiger partial charge in [-0.05, 0) is 30.2 Å². The lowest BCUT2D eigenvalue weighted by Crippen LogP contribution is -2.13. The second-order valence-electron chi connectivity index (χ2n) is 7.67. The number of hydrogen-bond acceptors (Lipinski definition) is 9. The Morgan fingerprint density at radius 1 is 1.00 bits per heavy atom. The van der Waals surface area contributed by atoms with Crippen LogP contribution in [0.3, 0.4) is 0 Å². The molecule has 0 saturated heterocycles. The fourth-order valence-corrected chi connectivity index (χ4v) is 4.46. The minimum atomic E-state index is -3.69. The minimum Gasteiger partial charge on any atom is -0.496 e. The van der Waals surface area contributed by atoms with Crippen LogP contribution in [0.4, 0.5) is 5.69 Å². The third-order valence-electron chi connectivity index (χ3n) is 5.16. The Kier molecular flexibility index (Phi) is 11.6. The number of anilines is 1. The van der Waals surface area contributed by atoms with Gasteiger partial charge in [-0.1, -0.05) is 12.4 Å². The maximum absolute atomic E-state index is 12.9. The normalized spacial score (nSPS) is 11.2. The lowest BCUT2D eigenvalue weighted by atomic mass is 9.92. The third-order valence-corrected chi connectivity index (χ3v) is 6.45. The smallest absolute Gasteiger partial charge is 0.276 e. The van der Waals surface area contributed by atoms with Crippen LogP contribution < -0.4 is 30.0 Å². The number of sulfone groups is 1. The summed E-state index contributed by atoms with van der Waals surface area (Å²) in [7, 11) is 2.74. The van der Waals surface area contributed by atoms with E-state index in [0.717, 1.165) is 5.41 Å². The summed E-state index contributed by atoms with van der Waals surface area (Å²) in [5, 5.41) is 3.89. The first-order valence-electron chi connectivity index (χ1n) is 11.2. The van der Waals surface area contributed by atoms with E-state index in [1.54, 1.807) is 30.3 Å². The number of methoxy groups -OCH3 is 4. The number of ether oxygens (including phenoxy) is 4. The molecule has 0 aliphatic carbocycles. The van der Waals surface area contributed by atoms with Crippen molar-refractivity contribution < 1.29 is 36.8 Å². The van der Waals surface area contributed by atoms with Crippen LogP contribution in [0.25, 0.3) is 6.08 Å². The first-order chi connectivity index (χ1) is 17.3. The van der Waals surface area contributed by atoms with Gasteiger partial charge < -0.3 is 34.7 Å². The number of benzene rings is 2. The summed E-state index contributed by atoms with van der Waals surface area (Å²) in [5.41, 5.74) is 6.62. The van der Waals surface area contributed by atoms with Crippen molar-refractivity contribution in [2.75, 3.05) is 40.5 Å². The summed E-state index contributed by atoms with van der Waals surface area (Å²) in [5.74, 6) is 1.26. The zero-order valence-corrected chi connectivity index (χ0v) is 21.9. The molecule has 0 unspecified atom stereocenters. The zero-order valence-electron chi connectivity index (χ0n) is 21.0. The average molecular weight is 520 g/mol. The van der Waals surface area contributed by atoms with E-state index < -0.39 is 9.84 Å². The lowest BCUT2D eigenvalue weighted by molar-refractivity contribution is -0.116. The van der Waals surface area contributed by atoms with E-state index in [1.165, 1.54) is 34.5 Å². The zero-order chi connectivity index (χ0) is 26.6. The monoisotopic (exact) mass is 520 g/mol. The molecule has 36 heavy (non-hydrogen) atoms. The molecule has 0 radical (unpaired) electrons. The molecule has 0 heterocycles. The van der Waals surface area contributed by atoms with Crippen LogP contribution in [0.1, 0.15) is 24.0 Å². The summed E-state index contributed by atoms with van der Waals surface area (Å²) >= 11 is 0. The van der Waals surface area contributed by atoms with Gasteiger partial charge in [-0.25, -0.2) is 8.42 Å². The molecule has 2 rings (SSSR count). The Balaban J connectivity index is 2.17. The van der Waals surface area contributed by atoms with Crippen molar-refractivity contribution in [3.63, 3.8) is 0 Å². The van der Waals surface area contributed by atoms with Crippen LogP contribution in [0.5, 0.6) is 23.0 Å². The average Bonchev–Trinajstić information content (AvgIpc) is 2.86. The molecule has 0 aliphatic rings. The van der Waals surface area contributed by atoms with Crippen molar-refractivity contribution in [2.45, 2.75) is 24.9 Å². The second kappa shape index (κ2) is 14.4. The summed E-state index contributed by atoms with van der Waals surface area (Å²) < 4.78 is 52.1. The predicted molar refractivity (Wildman–Crippen MR) is 141 cm³/mol. The van der Waals surface area contributed by atoms with Gasteiger partial charge in [-0.3, -0.25) is 4.79 Å². The largest absolute Gasteiger partial charge is 0.496 e. The first-order valence-corrected chi connectivity index (χ1v) is 12.9. The molecule has 0 aliphatic heterocycles. The highest BCUT2D eigenvalue weighted by Crippen LogP contribution is 2.35. The van der Waals surface area contributed by atoms with Gasteiger partial charge in [0, 0.05) is 24.0 Å². The summed E-state index contributed by atoms with van der Waals surface area (Å²) in [4.78, 5) is 12.3. The molecule has 0 fully saturated rings. The highest BCUT2D eigenvalue weighted by atomic mass is 32.2. The van der Waals surface area contributed by atoms with Crippen LogP contribution in [-0.2, 0) is 25.0 Å². The maximum Gasteiger partial charge on any atom is 0.276 e. The van der Waals surface area contributed by atoms with Crippen molar-refractivity contribution in [1.82, 2.24) is 0 Å². The van der Waals surface area contributed by atoms with Crippen molar-refractivity contribution in [2.24, 2.45) is 5.73 Å². The van der Waals surface area contributed by atoms with E-state index in [1.807, 2.05) is 0 Å². The van der Waals surface area contributed by atoms with Gasteiger partial charge >= 0.3 is 0 Å². The molecule has 0 aromatic heterocycles. The Labute approximate surface area is 212 Å². The van der Waals surface area contributed by atoms with Crippen LogP contribution in [0.2, 0.25) is 6.32 Å². The number of carbonyl (C=O) groups is 1. The van der Waals surface area contributed by atoms with Gasteiger partial charge in [-0.15, -0.1) is 0 Å². The van der Waals surface area contributed by atoms with Crippen LogP contribution in [0.15, 0.2) is 35.7 Å². The first kappa shape index (κ1) is 29.0. The molecular weight excluding hydrogens is 487 g/mol. The van der Waals surface area contributed by atoms with Gasteiger partial charge in [0.2, 0.25) is 5.91 Å². The van der Waals surface area contributed by atoms with Crippen LogP contribution >= 0.6 is 0 Å². The number of rotatable bonds is 15. The number of hydrogen-bond donors (Lipinski definition) is 2. The molecule has 0 bridgehead atoms. The summed E-state index contributed by atoms with van der Waals surface area (Å²) in [6, 6.07) is 8.12. The van der Waals surface area contributed by atoms with E-state index >= 15 is 0 Å². The van der Waals surface area contributed by atoms with Crippen molar-refractivity contribution >= 4 is 35.0 Å². The minimum absolute atomic E-state index is 0.148. The second-order valence-corrected chi connectivity index (χ2v) is 9.56. The van der Waals surface area contributed by atoms with Gasteiger partial charge in [0.05, 0.1) is 52.2 Å². The topological polar surface area (TPSA) is 135 Å². The number of nitrogens with two attached hydrogens (primary N) is 1. The SMILES string of the molecule is COc1cc(OC)c(/C=C/S(=O)(=O)Cc2ccc(OC)c(NC(=O)CCCBOCN)c2)c(OC)c1. The molecule has 1 amide bonds. The molecule has 0 atom stereocenters. The predicted octanol–water partition coefficient (Wildman–Crippen LogP) is 2.73. The molecular formula is C24H33BN2O8S. The highest BCUT2D eigenvalue weighted by Gasteiger charge is 2.15. The van der Waals surface area contributed by atoms with E-state index in [9.17, 15) is 13.2 Å². The van der Waals surface area contributed by atoms with Crippen LogP contribution in [-0.4, -0.2) is 57.0 Å². The lowest BCUT2D eigenvalue weighted by Gasteiger charge is -2.13.